The lowest BCUT2D eigenvalue weighted by Crippen LogP contribution is -2.41. The number of carbonyl (C=O) groups is 1. The molecule has 0 fully saturated rings. The Labute approximate surface area is 84.3 Å². The van der Waals surface area contributed by atoms with E-state index in [1.54, 1.807) is 20.8 Å². The smallest absolute Gasteiger partial charge is 0.409 e. The second-order valence-electron chi connectivity index (χ2n) is 3.30. The number of ether oxygens (including phenoxy) is 1. The number of hydrogen-bond donors (Lipinski definition) is 2. The monoisotopic (exact) mass is 205 g/mol. The van der Waals surface area contributed by atoms with Crippen LogP contribution in [0, 0.1) is 0 Å². The van der Waals surface area contributed by atoms with Gasteiger partial charge in [0, 0.05) is 13.1 Å². The first kappa shape index (κ1) is 13.2. The van der Waals surface area contributed by atoms with E-state index in [9.17, 15) is 4.79 Å². The highest BCUT2D eigenvalue weighted by Gasteiger charge is 2.17. The van der Waals surface area contributed by atoms with E-state index in [4.69, 9.17) is 14.9 Å². The van der Waals surface area contributed by atoms with Crippen LogP contribution in [0.1, 0.15) is 20.8 Å². The highest BCUT2D eigenvalue weighted by molar-refractivity contribution is 5.67. The molecule has 14 heavy (non-hydrogen) atoms. The molecule has 0 aliphatic rings. The molecular weight excluding hydrogens is 186 g/mol. The molecule has 5 heteroatoms. The van der Waals surface area contributed by atoms with Crippen LogP contribution in [0.3, 0.4) is 0 Å². The average Bonchev–Trinajstić information content (AvgIpc) is 2.01. The minimum Gasteiger partial charge on any atom is -0.450 e. The molecule has 0 heterocycles. The molecule has 2 atom stereocenters. The van der Waals surface area contributed by atoms with Crippen molar-refractivity contribution >= 4 is 6.09 Å². The summed E-state index contributed by atoms with van der Waals surface area (Å²) < 4.78 is 4.77. The number of rotatable bonds is 5. The van der Waals surface area contributed by atoms with Crippen molar-refractivity contribution in [3.05, 3.63) is 0 Å². The third-order valence-electron chi connectivity index (χ3n) is 1.50. The summed E-state index contributed by atoms with van der Waals surface area (Å²) in [5.41, 5.74) is 0. The molecule has 5 nitrogen and oxygen atoms in total. The second kappa shape index (κ2) is 6.62. The van der Waals surface area contributed by atoms with E-state index in [-0.39, 0.29) is 19.7 Å². The van der Waals surface area contributed by atoms with Crippen molar-refractivity contribution < 1.29 is 19.7 Å². The summed E-state index contributed by atoms with van der Waals surface area (Å²) in [5.74, 6) is 0. The third-order valence-corrected chi connectivity index (χ3v) is 1.50. The number of aliphatic hydroxyl groups is 2. The fourth-order valence-electron chi connectivity index (χ4n) is 1.08. The molecule has 0 saturated carbocycles. The zero-order valence-electron chi connectivity index (χ0n) is 8.93. The van der Waals surface area contributed by atoms with E-state index in [1.165, 1.54) is 4.90 Å². The summed E-state index contributed by atoms with van der Waals surface area (Å²) in [5, 5.41) is 18.2. The summed E-state index contributed by atoms with van der Waals surface area (Å²) in [6.07, 6.45) is -1.76. The maximum absolute atomic E-state index is 11.3. The molecule has 2 N–H and O–H groups in total. The standard InChI is InChI=1S/C9H19NO4/c1-4-14-9(13)10(5-7(2)11)6-8(3)12/h7-8,11-12H,4-6H2,1-3H3. The minimum absolute atomic E-state index is 0.170. The van der Waals surface area contributed by atoms with Crippen LogP contribution in [0.4, 0.5) is 4.79 Å². The zero-order chi connectivity index (χ0) is 11.1. The van der Waals surface area contributed by atoms with Crippen LogP contribution >= 0.6 is 0 Å². The van der Waals surface area contributed by atoms with Crippen LogP contribution in [0.2, 0.25) is 0 Å². The van der Waals surface area contributed by atoms with Gasteiger partial charge in [0.05, 0.1) is 18.8 Å². The van der Waals surface area contributed by atoms with Crippen LogP contribution in [-0.4, -0.2) is 53.1 Å². The Bertz CT molecular complexity index is 160. The number of aliphatic hydroxyl groups excluding tert-OH is 2. The first-order valence-electron chi connectivity index (χ1n) is 4.75. The predicted molar refractivity (Wildman–Crippen MR) is 52.0 cm³/mol. The van der Waals surface area contributed by atoms with E-state index in [1.807, 2.05) is 0 Å². The highest BCUT2D eigenvalue weighted by Crippen LogP contribution is 1.99. The van der Waals surface area contributed by atoms with Crippen molar-refractivity contribution in [3.8, 4) is 0 Å². The lowest BCUT2D eigenvalue weighted by molar-refractivity contribution is 0.0580. The molecule has 0 saturated heterocycles. The molecule has 2 unspecified atom stereocenters. The number of hydrogen-bond acceptors (Lipinski definition) is 4. The molecule has 0 rings (SSSR count). The van der Waals surface area contributed by atoms with Gasteiger partial charge in [-0.2, -0.15) is 0 Å². The van der Waals surface area contributed by atoms with Gasteiger partial charge in [-0.05, 0) is 20.8 Å². The van der Waals surface area contributed by atoms with Crippen molar-refractivity contribution in [2.45, 2.75) is 33.0 Å². The molecule has 84 valence electrons. The van der Waals surface area contributed by atoms with Gasteiger partial charge in [-0.25, -0.2) is 4.79 Å². The molecule has 0 radical (unpaired) electrons. The molecule has 1 amide bonds. The number of nitrogens with zero attached hydrogens (tertiary/aromatic N) is 1. The van der Waals surface area contributed by atoms with Gasteiger partial charge in [0.15, 0.2) is 0 Å². The molecule has 0 spiro atoms. The lowest BCUT2D eigenvalue weighted by Gasteiger charge is -2.24. The van der Waals surface area contributed by atoms with Gasteiger partial charge in [0.1, 0.15) is 0 Å². The van der Waals surface area contributed by atoms with Crippen LogP contribution in [0.25, 0.3) is 0 Å². The van der Waals surface area contributed by atoms with Gasteiger partial charge in [0.25, 0.3) is 0 Å². The van der Waals surface area contributed by atoms with E-state index in [2.05, 4.69) is 0 Å². The summed E-state index contributed by atoms with van der Waals surface area (Å²) >= 11 is 0. The van der Waals surface area contributed by atoms with Crippen LogP contribution in [0.5, 0.6) is 0 Å². The van der Waals surface area contributed by atoms with Gasteiger partial charge in [0.2, 0.25) is 0 Å². The third kappa shape index (κ3) is 5.77. The summed E-state index contributed by atoms with van der Waals surface area (Å²) in [7, 11) is 0. The van der Waals surface area contributed by atoms with Gasteiger partial charge in [-0.1, -0.05) is 0 Å². The molecular formula is C9H19NO4. The molecule has 0 aliphatic carbocycles. The van der Waals surface area contributed by atoms with Crippen LogP contribution in [-0.2, 0) is 4.74 Å². The lowest BCUT2D eigenvalue weighted by atomic mass is 10.3. The average molecular weight is 205 g/mol. The quantitative estimate of drug-likeness (QED) is 0.673. The van der Waals surface area contributed by atoms with Crippen molar-refractivity contribution in [2.24, 2.45) is 0 Å². The van der Waals surface area contributed by atoms with Crippen molar-refractivity contribution in [1.29, 1.82) is 0 Å². The van der Waals surface area contributed by atoms with Crippen molar-refractivity contribution in [2.75, 3.05) is 19.7 Å². The Kier molecular flexibility index (Phi) is 6.23. The molecule has 0 bridgehead atoms. The van der Waals surface area contributed by atoms with E-state index in [0.29, 0.717) is 0 Å². The Hall–Kier alpha value is -0.810. The van der Waals surface area contributed by atoms with Crippen LogP contribution < -0.4 is 0 Å². The Morgan fingerprint density at radius 1 is 1.29 bits per heavy atom. The fraction of sp³-hybridized carbons (Fsp3) is 0.889. The zero-order valence-corrected chi connectivity index (χ0v) is 8.93. The van der Waals surface area contributed by atoms with Gasteiger partial charge < -0.3 is 19.8 Å². The summed E-state index contributed by atoms with van der Waals surface area (Å²) in [6.45, 7) is 5.49. The summed E-state index contributed by atoms with van der Waals surface area (Å²) in [4.78, 5) is 12.6. The predicted octanol–water partition coefficient (Wildman–Crippen LogP) is 0.207. The molecule has 0 aromatic heterocycles. The number of amides is 1. The topological polar surface area (TPSA) is 70.0 Å². The Balaban J connectivity index is 4.15. The fourth-order valence-corrected chi connectivity index (χ4v) is 1.08. The Morgan fingerprint density at radius 3 is 2.00 bits per heavy atom. The van der Waals surface area contributed by atoms with Crippen molar-refractivity contribution in [1.82, 2.24) is 4.90 Å². The van der Waals surface area contributed by atoms with Gasteiger partial charge >= 0.3 is 6.09 Å². The Morgan fingerprint density at radius 2 is 1.71 bits per heavy atom. The molecule has 0 aromatic rings. The maximum Gasteiger partial charge on any atom is 0.409 e. The van der Waals surface area contributed by atoms with Crippen LogP contribution in [0.15, 0.2) is 0 Å². The second-order valence-corrected chi connectivity index (χ2v) is 3.30. The first-order valence-corrected chi connectivity index (χ1v) is 4.75. The van der Waals surface area contributed by atoms with E-state index < -0.39 is 18.3 Å². The summed E-state index contributed by atoms with van der Waals surface area (Å²) in [6, 6.07) is 0. The maximum atomic E-state index is 11.3. The van der Waals surface area contributed by atoms with Gasteiger partial charge in [-0.3, -0.25) is 0 Å². The minimum atomic E-state index is -0.627. The van der Waals surface area contributed by atoms with E-state index in [0.717, 1.165) is 0 Å². The molecule has 0 aromatic carbocycles. The van der Waals surface area contributed by atoms with Crippen molar-refractivity contribution in [3.63, 3.8) is 0 Å². The molecule has 0 aliphatic heterocycles. The first-order chi connectivity index (χ1) is 6.47. The normalized spacial score (nSPS) is 14.6. The number of carbonyl (C=O) groups excluding carboxylic acids is 1. The SMILES string of the molecule is CCOC(=O)N(CC(C)O)CC(C)O. The highest BCUT2D eigenvalue weighted by atomic mass is 16.6. The van der Waals surface area contributed by atoms with E-state index >= 15 is 0 Å². The largest absolute Gasteiger partial charge is 0.450 e. The van der Waals surface area contributed by atoms with Gasteiger partial charge in [-0.15, -0.1) is 0 Å².